The molecule has 0 aromatic heterocycles. The summed E-state index contributed by atoms with van der Waals surface area (Å²) in [7, 11) is 0. The van der Waals surface area contributed by atoms with Crippen molar-refractivity contribution in [2.75, 3.05) is 0 Å². The van der Waals surface area contributed by atoms with Gasteiger partial charge in [-0.1, -0.05) is 48.5 Å². The number of carbonyl (C=O) groups is 3. The number of carbonyl (C=O) groups excluding carboxylic acids is 1. The maximum Gasteiger partial charge on any atom is 0.307 e. The van der Waals surface area contributed by atoms with Crippen molar-refractivity contribution in [2.45, 2.75) is 12.8 Å². The summed E-state index contributed by atoms with van der Waals surface area (Å²) in [5.74, 6) is -2.42. The zero-order chi connectivity index (χ0) is 16.1. The van der Waals surface area contributed by atoms with Gasteiger partial charge in [-0.05, 0) is 11.1 Å². The molecule has 0 aliphatic rings. The second kappa shape index (κ2) is 6.67. The van der Waals surface area contributed by atoms with E-state index in [2.05, 4.69) is 0 Å². The molecule has 0 aliphatic carbocycles. The summed E-state index contributed by atoms with van der Waals surface area (Å²) >= 11 is 0. The van der Waals surface area contributed by atoms with Gasteiger partial charge in [0.05, 0.1) is 12.8 Å². The summed E-state index contributed by atoms with van der Waals surface area (Å²) in [4.78, 5) is 34.5. The quantitative estimate of drug-likeness (QED) is 0.797. The SMILES string of the molecule is O=C(O)Cc1ccccc1C(=O)c1ccccc1CC(=O)O. The highest BCUT2D eigenvalue weighted by atomic mass is 16.4. The lowest BCUT2D eigenvalue weighted by molar-refractivity contribution is -0.137. The smallest absolute Gasteiger partial charge is 0.307 e. The lowest BCUT2D eigenvalue weighted by Crippen LogP contribution is -2.12. The molecule has 0 bridgehead atoms. The van der Waals surface area contributed by atoms with E-state index in [9.17, 15) is 14.4 Å². The van der Waals surface area contributed by atoms with Crippen LogP contribution in [0.1, 0.15) is 27.0 Å². The van der Waals surface area contributed by atoms with Crippen LogP contribution in [0.5, 0.6) is 0 Å². The number of carboxylic acids is 2. The molecule has 5 nitrogen and oxygen atoms in total. The second-order valence-electron chi connectivity index (χ2n) is 4.78. The maximum atomic E-state index is 12.7. The fraction of sp³-hybridized carbons (Fsp3) is 0.118. The predicted octanol–water partition coefficient (Wildman–Crippen LogP) is 2.17. The van der Waals surface area contributed by atoms with E-state index in [-0.39, 0.29) is 29.8 Å². The third kappa shape index (κ3) is 3.58. The minimum atomic E-state index is -1.03. The van der Waals surface area contributed by atoms with Crippen LogP contribution in [0.4, 0.5) is 0 Å². The molecule has 0 saturated carbocycles. The monoisotopic (exact) mass is 298 g/mol. The summed E-state index contributed by atoms with van der Waals surface area (Å²) in [6.07, 6.45) is -0.522. The molecule has 0 atom stereocenters. The van der Waals surface area contributed by atoms with Gasteiger partial charge in [-0.2, -0.15) is 0 Å². The van der Waals surface area contributed by atoms with Crippen LogP contribution in [-0.2, 0) is 22.4 Å². The standard InChI is InChI=1S/C17H14O5/c18-15(19)9-11-5-1-3-7-13(11)17(22)14-8-4-2-6-12(14)10-16(20)21/h1-8H,9-10H2,(H,18,19)(H,20,21). The van der Waals surface area contributed by atoms with Gasteiger partial charge >= 0.3 is 11.9 Å². The Balaban J connectivity index is 2.45. The normalized spacial score (nSPS) is 10.2. The van der Waals surface area contributed by atoms with E-state index in [4.69, 9.17) is 10.2 Å². The third-order valence-corrected chi connectivity index (χ3v) is 3.21. The van der Waals surface area contributed by atoms with E-state index in [1.54, 1.807) is 48.5 Å². The van der Waals surface area contributed by atoms with Gasteiger partial charge in [-0.25, -0.2) is 0 Å². The molecule has 0 amide bonds. The minimum absolute atomic E-state index is 0.261. The molecule has 22 heavy (non-hydrogen) atoms. The van der Waals surface area contributed by atoms with Crippen molar-refractivity contribution in [3.05, 3.63) is 70.8 Å². The summed E-state index contributed by atoms with van der Waals surface area (Å²) in [6, 6.07) is 12.9. The molecule has 2 aromatic rings. The van der Waals surface area contributed by atoms with Crippen molar-refractivity contribution in [1.29, 1.82) is 0 Å². The molecular formula is C17H14O5. The van der Waals surface area contributed by atoms with Crippen molar-refractivity contribution in [3.63, 3.8) is 0 Å². The molecule has 0 fully saturated rings. The topological polar surface area (TPSA) is 91.7 Å². The van der Waals surface area contributed by atoms with Crippen molar-refractivity contribution in [2.24, 2.45) is 0 Å². The highest BCUT2D eigenvalue weighted by Gasteiger charge is 2.18. The van der Waals surface area contributed by atoms with Gasteiger partial charge in [0.25, 0.3) is 0 Å². The fourth-order valence-electron chi connectivity index (χ4n) is 2.26. The van der Waals surface area contributed by atoms with Crippen LogP contribution in [0.2, 0.25) is 0 Å². The largest absolute Gasteiger partial charge is 0.481 e. The van der Waals surface area contributed by atoms with Crippen molar-refractivity contribution in [1.82, 2.24) is 0 Å². The van der Waals surface area contributed by atoms with E-state index in [1.165, 1.54) is 0 Å². The van der Waals surface area contributed by atoms with E-state index in [1.807, 2.05) is 0 Å². The zero-order valence-corrected chi connectivity index (χ0v) is 11.7. The Morgan fingerprint density at radius 1 is 0.682 bits per heavy atom. The zero-order valence-electron chi connectivity index (χ0n) is 11.7. The van der Waals surface area contributed by atoms with Crippen molar-refractivity contribution < 1.29 is 24.6 Å². The molecule has 5 heteroatoms. The van der Waals surface area contributed by atoms with E-state index < -0.39 is 11.9 Å². The Morgan fingerprint density at radius 2 is 1.05 bits per heavy atom. The Kier molecular flexibility index (Phi) is 4.68. The van der Waals surface area contributed by atoms with Crippen molar-refractivity contribution in [3.8, 4) is 0 Å². The van der Waals surface area contributed by atoms with Crippen LogP contribution in [0.15, 0.2) is 48.5 Å². The molecule has 2 rings (SSSR count). The molecule has 0 saturated heterocycles. The summed E-state index contributed by atoms with van der Waals surface area (Å²) < 4.78 is 0. The van der Waals surface area contributed by atoms with Crippen LogP contribution in [-0.4, -0.2) is 27.9 Å². The molecule has 0 aliphatic heterocycles. The number of benzene rings is 2. The van der Waals surface area contributed by atoms with Crippen LogP contribution in [0, 0.1) is 0 Å². The Hall–Kier alpha value is -2.95. The number of hydrogen-bond donors (Lipinski definition) is 2. The first-order valence-corrected chi connectivity index (χ1v) is 6.63. The van der Waals surface area contributed by atoms with Crippen LogP contribution >= 0.6 is 0 Å². The van der Waals surface area contributed by atoms with Crippen molar-refractivity contribution >= 4 is 17.7 Å². The molecule has 0 heterocycles. The Labute approximate surface area is 126 Å². The first kappa shape index (κ1) is 15.4. The first-order chi connectivity index (χ1) is 10.5. The van der Waals surface area contributed by atoms with Gasteiger partial charge in [-0.3, -0.25) is 14.4 Å². The average Bonchev–Trinajstić information content (AvgIpc) is 2.46. The molecular weight excluding hydrogens is 284 g/mol. The third-order valence-electron chi connectivity index (χ3n) is 3.21. The molecule has 2 aromatic carbocycles. The number of hydrogen-bond acceptors (Lipinski definition) is 3. The predicted molar refractivity (Wildman–Crippen MR) is 79.0 cm³/mol. The van der Waals surface area contributed by atoms with E-state index in [0.717, 1.165) is 0 Å². The first-order valence-electron chi connectivity index (χ1n) is 6.63. The summed E-state index contributed by atoms with van der Waals surface area (Å²) in [5, 5.41) is 17.9. The van der Waals surface area contributed by atoms with Gasteiger partial charge in [0.2, 0.25) is 0 Å². The molecule has 2 N–H and O–H groups in total. The lowest BCUT2D eigenvalue weighted by atomic mass is 9.93. The number of carboxylic acid groups (broad SMARTS) is 2. The number of rotatable bonds is 6. The summed E-state index contributed by atoms with van der Waals surface area (Å²) in [6.45, 7) is 0. The number of aliphatic carboxylic acids is 2. The van der Waals surface area contributed by atoms with E-state index in [0.29, 0.717) is 11.1 Å². The van der Waals surface area contributed by atoms with Gasteiger partial charge in [0.15, 0.2) is 5.78 Å². The Morgan fingerprint density at radius 3 is 1.41 bits per heavy atom. The highest BCUT2D eigenvalue weighted by molar-refractivity contribution is 6.11. The lowest BCUT2D eigenvalue weighted by Gasteiger charge is -2.10. The van der Waals surface area contributed by atoms with Gasteiger partial charge < -0.3 is 10.2 Å². The fourth-order valence-corrected chi connectivity index (χ4v) is 2.26. The Bertz CT molecular complexity index is 672. The molecule has 112 valence electrons. The highest BCUT2D eigenvalue weighted by Crippen LogP contribution is 2.19. The molecule has 0 radical (unpaired) electrons. The molecule has 0 spiro atoms. The second-order valence-corrected chi connectivity index (χ2v) is 4.78. The van der Waals surface area contributed by atoms with E-state index >= 15 is 0 Å². The number of ketones is 1. The van der Waals surface area contributed by atoms with Gasteiger partial charge in [0, 0.05) is 11.1 Å². The van der Waals surface area contributed by atoms with Crippen LogP contribution < -0.4 is 0 Å². The van der Waals surface area contributed by atoms with Crippen LogP contribution in [0.3, 0.4) is 0 Å². The van der Waals surface area contributed by atoms with Gasteiger partial charge in [0.1, 0.15) is 0 Å². The van der Waals surface area contributed by atoms with Gasteiger partial charge in [-0.15, -0.1) is 0 Å². The molecule has 0 unspecified atom stereocenters. The van der Waals surface area contributed by atoms with Crippen LogP contribution in [0.25, 0.3) is 0 Å². The maximum absolute atomic E-state index is 12.7. The summed E-state index contributed by atoms with van der Waals surface area (Å²) in [5.41, 5.74) is 1.38. The minimum Gasteiger partial charge on any atom is -0.481 e. The average molecular weight is 298 g/mol.